The van der Waals surface area contributed by atoms with Crippen molar-refractivity contribution in [2.45, 2.75) is 46.4 Å². The topological polar surface area (TPSA) is 25.2 Å². The van der Waals surface area contributed by atoms with Gasteiger partial charge in [0.25, 0.3) is 0 Å². The van der Waals surface area contributed by atoms with E-state index in [1.54, 1.807) is 0 Å². The Kier molecular flexibility index (Phi) is 6.02. The van der Waals surface area contributed by atoms with E-state index in [9.17, 15) is 0 Å². The molecule has 190 valence electrons. The molecule has 0 saturated carbocycles. The molecule has 3 aromatic carbocycles. The van der Waals surface area contributed by atoms with Gasteiger partial charge in [0.2, 0.25) is 0 Å². The molecule has 3 heterocycles. The lowest BCUT2D eigenvalue weighted by Crippen LogP contribution is -2.47. The Morgan fingerprint density at radius 1 is 0.842 bits per heavy atom. The predicted octanol–water partition coefficient (Wildman–Crippen LogP) is 6.16. The van der Waals surface area contributed by atoms with Crippen LogP contribution < -0.4 is 20.0 Å². The van der Waals surface area contributed by atoms with Gasteiger partial charge in [0.05, 0.1) is 24.7 Å². The van der Waals surface area contributed by atoms with Gasteiger partial charge in [-0.1, -0.05) is 76.2 Å². The van der Waals surface area contributed by atoms with E-state index in [1.807, 2.05) is 12.1 Å². The molecule has 5 aromatic rings. The first-order valence-electron chi connectivity index (χ1n) is 13.6. The maximum atomic E-state index is 6.20. The lowest BCUT2D eigenvalue weighted by molar-refractivity contribution is -0.656. The molecule has 0 unspecified atom stereocenters. The molecule has 2 aromatic heterocycles. The van der Waals surface area contributed by atoms with Gasteiger partial charge >= 0.3 is 12.8 Å². The Labute approximate surface area is 225 Å². The average Bonchev–Trinajstić information content (AvgIpc) is 3.47. The average molecular weight is 500 g/mol. The highest BCUT2D eigenvalue weighted by Gasteiger charge is 2.34. The molecular weight excluding hydrogens is 465 g/mol. The van der Waals surface area contributed by atoms with Crippen molar-refractivity contribution >= 4 is 35.9 Å². The van der Waals surface area contributed by atoms with Crippen LogP contribution in [0, 0.1) is 0 Å². The molecular formula is C33H35BN3O+. The summed E-state index contributed by atoms with van der Waals surface area (Å²) in [6, 6.07) is 23.8. The van der Waals surface area contributed by atoms with Crippen LogP contribution in [-0.4, -0.2) is 11.4 Å². The minimum absolute atomic E-state index is 0.136. The van der Waals surface area contributed by atoms with Crippen LogP contribution in [0.25, 0.3) is 40.0 Å². The van der Waals surface area contributed by atoms with Crippen LogP contribution in [0.3, 0.4) is 0 Å². The highest BCUT2D eigenvalue weighted by atomic mass is 16.3. The van der Waals surface area contributed by atoms with Gasteiger partial charge in [-0.15, -0.1) is 0 Å². The minimum Gasteiger partial charge on any atom is -0.457 e. The maximum Gasteiger partial charge on any atom is 0.369 e. The van der Waals surface area contributed by atoms with Gasteiger partial charge in [-0.2, -0.15) is 0 Å². The van der Waals surface area contributed by atoms with Crippen LogP contribution in [0.4, 0.5) is 5.95 Å². The van der Waals surface area contributed by atoms with Gasteiger partial charge in [-0.25, -0.2) is 9.13 Å². The van der Waals surface area contributed by atoms with Crippen molar-refractivity contribution in [3.8, 4) is 16.8 Å². The van der Waals surface area contributed by atoms with E-state index in [0.717, 1.165) is 27.6 Å². The summed E-state index contributed by atoms with van der Waals surface area (Å²) in [7, 11) is 2.14. The summed E-state index contributed by atoms with van der Waals surface area (Å²) in [5.74, 6) is 4.09. The molecule has 0 bridgehead atoms. The van der Waals surface area contributed by atoms with Crippen molar-refractivity contribution in [2.24, 2.45) is 7.05 Å². The predicted molar refractivity (Wildman–Crippen MR) is 159 cm³/mol. The van der Waals surface area contributed by atoms with Crippen molar-refractivity contribution in [2.75, 3.05) is 4.81 Å². The number of hydrogen-bond acceptors (Lipinski definition) is 2. The Morgan fingerprint density at radius 2 is 1.50 bits per heavy atom. The number of para-hydroxylation sites is 1. The Morgan fingerprint density at radius 3 is 2.18 bits per heavy atom. The fourth-order valence-electron chi connectivity index (χ4n) is 5.72. The summed E-state index contributed by atoms with van der Waals surface area (Å²) in [6.45, 7) is 11.6. The zero-order valence-electron chi connectivity index (χ0n) is 23.1. The lowest BCUT2D eigenvalue weighted by Gasteiger charge is -2.24. The van der Waals surface area contributed by atoms with E-state index in [-0.39, 0.29) is 6.85 Å². The minimum atomic E-state index is 0.136. The molecule has 0 atom stereocenters. The fraction of sp³-hybridized carbons (Fsp3) is 0.242. The summed E-state index contributed by atoms with van der Waals surface area (Å²) >= 11 is 0. The van der Waals surface area contributed by atoms with Gasteiger partial charge in [-0.05, 0) is 65.1 Å². The van der Waals surface area contributed by atoms with Gasteiger partial charge in [0, 0.05) is 5.39 Å². The first-order chi connectivity index (χ1) is 18.3. The van der Waals surface area contributed by atoms with E-state index in [1.165, 1.54) is 27.9 Å². The number of hydrogen-bond donors (Lipinski definition) is 0. The third-order valence-electron chi connectivity index (χ3n) is 7.72. The number of anilines is 1. The molecule has 0 spiro atoms. The van der Waals surface area contributed by atoms with Crippen molar-refractivity contribution in [1.29, 1.82) is 0 Å². The zero-order valence-corrected chi connectivity index (χ0v) is 23.1. The molecule has 6 rings (SSSR count). The van der Waals surface area contributed by atoms with Crippen LogP contribution >= 0.6 is 0 Å². The van der Waals surface area contributed by atoms with Crippen LogP contribution in [0.5, 0.6) is 0 Å². The molecule has 0 radical (unpaired) electrons. The molecule has 0 aliphatic carbocycles. The number of benzene rings is 3. The van der Waals surface area contributed by atoms with Gasteiger partial charge in [0.1, 0.15) is 22.9 Å². The second kappa shape index (κ2) is 9.40. The van der Waals surface area contributed by atoms with Crippen LogP contribution in [-0.2, 0) is 7.05 Å². The molecule has 0 amide bonds. The number of aromatic nitrogens is 2. The molecule has 0 N–H and O–H groups in total. The molecule has 1 aliphatic rings. The van der Waals surface area contributed by atoms with Crippen molar-refractivity contribution < 1.29 is 8.98 Å². The fourth-order valence-corrected chi connectivity index (χ4v) is 5.72. The Bertz CT molecular complexity index is 1730. The molecule has 0 saturated heterocycles. The van der Waals surface area contributed by atoms with E-state index in [2.05, 4.69) is 135 Å². The number of aryl methyl sites for hydroxylation is 1. The van der Waals surface area contributed by atoms with Gasteiger partial charge in [-0.3, -0.25) is 4.81 Å². The van der Waals surface area contributed by atoms with E-state index >= 15 is 0 Å². The van der Waals surface area contributed by atoms with E-state index < -0.39 is 0 Å². The molecule has 38 heavy (non-hydrogen) atoms. The number of nitrogens with zero attached hydrogens (tertiary/aromatic N) is 3. The Hall–Kier alpha value is -3.99. The molecule has 1 aliphatic heterocycles. The standard InChI is InChI=1S/C33H35BN3O/c1-22(2)27-18-25(24-12-8-7-9-13-24)19-28(23(3)4)32(27)36-17-16-35(6)33(36)37-21-29-26-14-10-11-15-30(26)38-31(29)20-34(37)5/h7-23H,1-6H3/q+1. The summed E-state index contributed by atoms with van der Waals surface area (Å²) in [5, 5.41) is 2.29. The van der Waals surface area contributed by atoms with Crippen LogP contribution in [0.1, 0.15) is 50.7 Å². The summed E-state index contributed by atoms with van der Waals surface area (Å²) in [4.78, 5) is 2.38. The largest absolute Gasteiger partial charge is 0.457 e. The third-order valence-corrected chi connectivity index (χ3v) is 7.72. The van der Waals surface area contributed by atoms with Gasteiger partial charge in [0.15, 0.2) is 0 Å². The molecule has 5 heteroatoms. The first kappa shape index (κ1) is 24.4. The number of imidazole rings is 1. The molecule has 0 fully saturated rings. The second-order valence-corrected chi connectivity index (χ2v) is 11.1. The van der Waals surface area contributed by atoms with Crippen LogP contribution in [0.2, 0.25) is 6.82 Å². The van der Waals surface area contributed by atoms with Crippen molar-refractivity contribution in [1.82, 2.24) is 4.57 Å². The highest BCUT2D eigenvalue weighted by Crippen LogP contribution is 2.37. The quantitative estimate of drug-likeness (QED) is 0.213. The summed E-state index contributed by atoms with van der Waals surface area (Å²) in [5.41, 5.74) is 8.42. The summed E-state index contributed by atoms with van der Waals surface area (Å²) in [6.07, 6.45) is 6.65. The second-order valence-electron chi connectivity index (χ2n) is 11.1. The summed E-state index contributed by atoms with van der Waals surface area (Å²) < 4.78 is 10.8. The Balaban J connectivity index is 1.59. The van der Waals surface area contributed by atoms with Crippen molar-refractivity contribution in [3.63, 3.8) is 0 Å². The first-order valence-corrected chi connectivity index (χ1v) is 13.6. The van der Waals surface area contributed by atoms with E-state index in [4.69, 9.17) is 4.42 Å². The molecule has 4 nitrogen and oxygen atoms in total. The monoisotopic (exact) mass is 500 g/mol. The normalized spacial score (nSPS) is 13.3. The number of rotatable bonds is 5. The van der Waals surface area contributed by atoms with Gasteiger partial charge < -0.3 is 4.42 Å². The number of fused-ring (bicyclic) bond motifs is 3. The van der Waals surface area contributed by atoms with Crippen LogP contribution in [0.15, 0.2) is 83.5 Å². The van der Waals surface area contributed by atoms with Crippen molar-refractivity contribution in [3.05, 3.63) is 101 Å². The third kappa shape index (κ3) is 3.98. The highest BCUT2D eigenvalue weighted by molar-refractivity contribution is 6.76. The lowest BCUT2D eigenvalue weighted by atomic mass is 9.62. The SMILES string of the molecule is CB1C=c2oc3ccccc3c2=CN1c1n(-c2c(C(C)C)cc(-c3ccccc3)cc2C(C)C)cc[n+]1C. The zero-order chi connectivity index (χ0) is 26.6. The number of furan rings is 1. The maximum absolute atomic E-state index is 6.20. The van der Waals surface area contributed by atoms with E-state index in [0.29, 0.717) is 11.8 Å². The smallest absolute Gasteiger partial charge is 0.369 e.